The highest BCUT2D eigenvalue weighted by Gasteiger charge is 2.21. The average Bonchev–Trinajstić information content (AvgIpc) is 2.59. The van der Waals surface area contributed by atoms with Gasteiger partial charge in [0, 0.05) is 6.08 Å². The molecule has 25 heavy (non-hydrogen) atoms. The summed E-state index contributed by atoms with van der Waals surface area (Å²) in [5.41, 5.74) is 3.51. The van der Waals surface area contributed by atoms with E-state index in [1.165, 1.54) is 24.8 Å². The maximum atomic E-state index is 12.0. The molecule has 2 aromatic carbocycles. The molecule has 2 aromatic rings. The number of aryl methyl sites for hydroxylation is 1. The molecule has 0 amide bonds. The lowest BCUT2D eigenvalue weighted by atomic mass is 10.0. The van der Waals surface area contributed by atoms with Crippen LogP contribution in [0.4, 0.5) is 13.2 Å². The number of alkyl halides is 3. The molecule has 2 rings (SSSR count). The van der Waals surface area contributed by atoms with Crippen LogP contribution in [0.25, 0.3) is 11.1 Å². The summed E-state index contributed by atoms with van der Waals surface area (Å²) in [4.78, 5) is 0. The van der Waals surface area contributed by atoms with Crippen molar-refractivity contribution in [3.8, 4) is 16.9 Å². The van der Waals surface area contributed by atoms with Crippen molar-refractivity contribution in [2.24, 2.45) is 0 Å². The second-order valence-corrected chi connectivity index (χ2v) is 5.93. The molecule has 0 aliphatic heterocycles. The Kier molecular flexibility index (Phi) is 7.11. The van der Waals surface area contributed by atoms with E-state index in [4.69, 9.17) is 4.74 Å². The molecule has 0 radical (unpaired) electrons. The highest BCUT2D eigenvalue weighted by Crippen LogP contribution is 2.23. The maximum Gasteiger partial charge on any atom is 0.409 e. The van der Waals surface area contributed by atoms with Gasteiger partial charge in [-0.1, -0.05) is 56.2 Å². The summed E-state index contributed by atoms with van der Waals surface area (Å²) < 4.78 is 41.3. The lowest BCUT2D eigenvalue weighted by molar-refractivity contribution is -0.0801. The van der Waals surface area contributed by atoms with Crippen molar-refractivity contribution < 1.29 is 17.9 Å². The summed E-state index contributed by atoms with van der Waals surface area (Å²) in [5.74, 6) is 0.548. The highest BCUT2D eigenvalue weighted by atomic mass is 19.4. The van der Waals surface area contributed by atoms with E-state index in [0.29, 0.717) is 5.75 Å². The van der Waals surface area contributed by atoms with Crippen LogP contribution < -0.4 is 4.74 Å². The largest absolute Gasteiger partial charge is 0.490 e. The third-order valence-electron chi connectivity index (χ3n) is 3.86. The zero-order valence-electron chi connectivity index (χ0n) is 14.4. The van der Waals surface area contributed by atoms with Crippen LogP contribution in [0.5, 0.6) is 5.75 Å². The Bertz CT molecular complexity index is 655. The molecule has 0 aliphatic carbocycles. The first-order chi connectivity index (χ1) is 12.0. The minimum Gasteiger partial charge on any atom is -0.490 e. The molecule has 0 aromatic heterocycles. The fourth-order valence-electron chi connectivity index (χ4n) is 2.51. The first-order valence-electron chi connectivity index (χ1n) is 8.54. The monoisotopic (exact) mass is 348 g/mol. The summed E-state index contributed by atoms with van der Waals surface area (Å²) in [6, 6.07) is 15.9. The predicted octanol–water partition coefficient (Wildman–Crippen LogP) is 6.58. The lowest BCUT2D eigenvalue weighted by Gasteiger charge is -2.07. The molecule has 0 N–H and O–H groups in total. The number of ether oxygens (including phenoxy) is 1. The Morgan fingerprint density at radius 2 is 1.48 bits per heavy atom. The third kappa shape index (κ3) is 7.04. The predicted molar refractivity (Wildman–Crippen MR) is 95.8 cm³/mol. The first-order valence-corrected chi connectivity index (χ1v) is 8.54. The van der Waals surface area contributed by atoms with Gasteiger partial charge < -0.3 is 4.74 Å². The Morgan fingerprint density at radius 3 is 2.04 bits per heavy atom. The fraction of sp³-hybridized carbons (Fsp3) is 0.333. The van der Waals surface area contributed by atoms with Gasteiger partial charge >= 0.3 is 6.18 Å². The highest BCUT2D eigenvalue weighted by molar-refractivity contribution is 5.64. The van der Waals surface area contributed by atoms with E-state index in [9.17, 15) is 13.2 Å². The zero-order valence-corrected chi connectivity index (χ0v) is 14.4. The number of allylic oxidation sites excluding steroid dienone is 1. The van der Waals surface area contributed by atoms with Gasteiger partial charge in [-0.05, 0) is 47.7 Å². The van der Waals surface area contributed by atoms with Crippen LogP contribution in [0, 0.1) is 0 Å². The number of rotatable bonds is 8. The van der Waals surface area contributed by atoms with Crippen LogP contribution in [0.2, 0.25) is 0 Å². The van der Waals surface area contributed by atoms with Crippen molar-refractivity contribution in [2.45, 2.75) is 38.8 Å². The van der Waals surface area contributed by atoms with E-state index in [0.717, 1.165) is 23.6 Å². The van der Waals surface area contributed by atoms with Crippen molar-refractivity contribution >= 4 is 0 Å². The fourth-order valence-corrected chi connectivity index (χ4v) is 2.51. The minimum atomic E-state index is -4.30. The van der Waals surface area contributed by atoms with E-state index < -0.39 is 6.18 Å². The van der Waals surface area contributed by atoms with Crippen molar-refractivity contribution in [3.63, 3.8) is 0 Å². The van der Waals surface area contributed by atoms with Gasteiger partial charge in [0.15, 0.2) is 0 Å². The Morgan fingerprint density at radius 1 is 0.880 bits per heavy atom. The van der Waals surface area contributed by atoms with Crippen LogP contribution >= 0.6 is 0 Å². The molecule has 0 saturated heterocycles. The summed E-state index contributed by atoms with van der Waals surface area (Å²) in [6.45, 7) is 2.09. The van der Waals surface area contributed by atoms with Crippen LogP contribution in [0.1, 0.15) is 31.7 Å². The van der Waals surface area contributed by atoms with Gasteiger partial charge in [0.2, 0.25) is 0 Å². The van der Waals surface area contributed by atoms with Crippen LogP contribution in [0.15, 0.2) is 60.7 Å². The Labute approximate surface area is 147 Å². The quantitative estimate of drug-likeness (QED) is 0.386. The van der Waals surface area contributed by atoms with Gasteiger partial charge in [0.1, 0.15) is 12.4 Å². The van der Waals surface area contributed by atoms with Crippen LogP contribution in [-0.2, 0) is 6.42 Å². The van der Waals surface area contributed by atoms with Gasteiger partial charge in [-0.15, -0.1) is 0 Å². The van der Waals surface area contributed by atoms with Gasteiger partial charge in [-0.3, -0.25) is 0 Å². The van der Waals surface area contributed by atoms with Gasteiger partial charge in [-0.2, -0.15) is 13.2 Å². The van der Waals surface area contributed by atoms with E-state index in [-0.39, 0.29) is 12.7 Å². The third-order valence-corrected chi connectivity index (χ3v) is 3.86. The number of unbranched alkanes of at least 4 members (excludes halogenated alkanes) is 2. The lowest BCUT2D eigenvalue weighted by Crippen LogP contribution is -2.02. The second-order valence-electron chi connectivity index (χ2n) is 5.93. The number of benzene rings is 2. The molecule has 0 unspecified atom stereocenters. The van der Waals surface area contributed by atoms with Crippen molar-refractivity contribution in [3.05, 3.63) is 66.2 Å². The molecular weight excluding hydrogens is 325 g/mol. The first kappa shape index (κ1) is 19.1. The van der Waals surface area contributed by atoms with E-state index in [2.05, 4.69) is 31.2 Å². The van der Waals surface area contributed by atoms with Gasteiger partial charge in [-0.25, -0.2) is 0 Å². The molecule has 0 saturated carbocycles. The van der Waals surface area contributed by atoms with Crippen molar-refractivity contribution in [1.29, 1.82) is 0 Å². The zero-order chi connectivity index (χ0) is 18.1. The Hall–Kier alpha value is -2.23. The van der Waals surface area contributed by atoms with Crippen LogP contribution in [-0.4, -0.2) is 12.8 Å². The van der Waals surface area contributed by atoms with Crippen LogP contribution in [0.3, 0.4) is 0 Å². The molecule has 0 fully saturated rings. The molecule has 0 heterocycles. The molecule has 0 bridgehead atoms. The molecule has 0 aliphatic rings. The number of hydrogen-bond donors (Lipinski definition) is 0. The molecular formula is C21H23F3O. The SMILES string of the molecule is CCCCCc1ccc(-c2ccc(OC/C=C/C(F)(F)F)cc2)cc1. The molecule has 134 valence electrons. The molecule has 0 spiro atoms. The Balaban J connectivity index is 1.90. The van der Waals surface area contributed by atoms with Crippen molar-refractivity contribution in [2.75, 3.05) is 6.61 Å². The second kappa shape index (κ2) is 9.30. The normalized spacial score (nSPS) is 11.8. The standard InChI is InChI=1S/C21H23F3O/c1-2-3-4-6-17-7-9-18(10-8-17)19-11-13-20(14-12-19)25-16-5-15-21(22,23)24/h5,7-15H,2-4,6,16H2,1H3/b15-5+. The number of halogens is 3. The smallest absolute Gasteiger partial charge is 0.409 e. The molecule has 4 heteroatoms. The summed E-state index contributed by atoms with van der Waals surface area (Å²) in [6.07, 6.45) is 1.64. The average molecular weight is 348 g/mol. The molecule has 1 nitrogen and oxygen atoms in total. The number of hydrogen-bond acceptors (Lipinski definition) is 1. The molecule has 0 atom stereocenters. The summed E-state index contributed by atoms with van der Waals surface area (Å²) in [5, 5.41) is 0. The minimum absolute atomic E-state index is 0.106. The summed E-state index contributed by atoms with van der Waals surface area (Å²) >= 11 is 0. The van der Waals surface area contributed by atoms with Gasteiger partial charge in [0.05, 0.1) is 0 Å². The topological polar surface area (TPSA) is 9.23 Å². The van der Waals surface area contributed by atoms with E-state index >= 15 is 0 Å². The van der Waals surface area contributed by atoms with Gasteiger partial charge in [0.25, 0.3) is 0 Å². The van der Waals surface area contributed by atoms with E-state index in [1.54, 1.807) is 12.1 Å². The summed E-state index contributed by atoms with van der Waals surface area (Å²) in [7, 11) is 0. The van der Waals surface area contributed by atoms with Crippen molar-refractivity contribution in [1.82, 2.24) is 0 Å². The maximum absolute atomic E-state index is 12.0. The van der Waals surface area contributed by atoms with E-state index in [1.807, 2.05) is 12.1 Å².